The quantitative estimate of drug-likeness (QED) is 0.172. The summed E-state index contributed by atoms with van der Waals surface area (Å²) in [5.41, 5.74) is 0.573. The van der Waals surface area contributed by atoms with Crippen LogP contribution in [0.15, 0.2) is 11.5 Å². The van der Waals surface area contributed by atoms with E-state index in [1.807, 2.05) is 0 Å². The van der Waals surface area contributed by atoms with Crippen LogP contribution in [0.3, 0.4) is 0 Å². The molecule has 1 heterocycles. The van der Waals surface area contributed by atoms with Gasteiger partial charge in [-0.05, 0) is 116 Å². The van der Waals surface area contributed by atoms with Gasteiger partial charge in [-0.2, -0.15) is 0 Å². The number of phosphoric ester groups is 1. The van der Waals surface area contributed by atoms with Crippen molar-refractivity contribution >= 4 is 13.8 Å². The van der Waals surface area contributed by atoms with E-state index in [0.717, 1.165) is 48.3 Å². The number of carbonyl (C=O) groups is 1. The minimum absolute atomic E-state index is 0. The standard InChI is InChI=1S/C34H57O9P.Na/c1-19(2)20(3)7-8-21(4)25-11-12-26-24-10-9-22-17-23(13-15-33(22,5)27(24)14-16-34(25,26)6)42-44(39,40)43-31-29(37)30(28(36)18-35)41-32(31)38;/h19-28,30,35-37H,7-18H2,1-6H3,(H,39,40);/q;+1/p-1/t20?,21-,22+,23+,24+,25-,26+,27+,28?,30?,33+,34-;/m1./s1. The van der Waals surface area contributed by atoms with Gasteiger partial charge in [0.1, 0.15) is 6.10 Å². The Balaban J connectivity index is 0.00000461. The fourth-order valence-electron chi connectivity index (χ4n) is 10.6. The molecule has 0 radical (unpaired) electrons. The third-order valence-electron chi connectivity index (χ3n) is 13.5. The molecule has 1 aliphatic heterocycles. The van der Waals surface area contributed by atoms with Gasteiger partial charge < -0.3 is 34.0 Å². The zero-order valence-corrected chi connectivity index (χ0v) is 31.5. The van der Waals surface area contributed by atoms with Gasteiger partial charge in [0, 0.05) is 0 Å². The Morgan fingerprint density at radius 1 is 1.00 bits per heavy atom. The Kier molecular flexibility index (Phi) is 12.1. The predicted molar refractivity (Wildman–Crippen MR) is 164 cm³/mol. The molecule has 0 aromatic heterocycles. The monoisotopic (exact) mass is 662 g/mol. The Bertz CT molecular complexity index is 1150. The van der Waals surface area contributed by atoms with Crippen molar-refractivity contribution in [1.29, 1.82) is 0 Å². The van der Waals surface area contributed by atoms with Gasteiger partial charge in [-0.3, -0.25) is 4.57 Å². The fourth-order valence-corrected chi connectivity index (χ4v) is 11.6. The number of aliphatic hydroxyl groups excluding tert-OH is 3. The van der Waals surface area contributed by atoms with Gasteiger partial charge in [0.05, 0.1) is 12.7 Å². The molecule has 0 amide bonds. The maximum Gasteiger partial charge on any atom is 1.00 e. The molecule has 45 heavy (non-hydrogen) atoms. The molecule has 5 aliphatic rings. The summed E-state index contributed by atoms with van der Waals surface area (Å²) in [7, 11) is -5.02. The van der Waals surface area contributed by atoms with E-state index in [9.17, 15) is 24.5 Å². The third-order valence-corrected chi connectivity index (χ3v) is 14.5. The van der Waals surface area contributed by atoms with Gasteiger partial charge in [-0.15, -0.1) is 0 Å². The number of aliphatic hydroxyl groups is 3. The normalized spacial score (nSPS) is 41.2. The molecule has 4 fully saturated rings. The van der Waals surface area contributed by atoms with Crippen LogP contribution in [0.2, 0.25) is 0 Å². The number of hydrogen-bond donors (Lipinski definition) is 3. The number of rotatable bonds is 11. The first-order valence-corrected chi connectivity index (χ1v) is 18.7. The largest absolute Gasteiger partial charge is 1.00 e. The van der Waals surface area contributed by atoms with Crippen molar-refractivity contribution in [2.45, 2.75) is 130 Å². The smallest absolute Gasteiger partial charge is 0.746 e. The topological polar surface area (TPSA) is 146 Å². The zero-order valence-electron chi connectivity index (χ0n) is 28.6. The molecule has 11 heteroatoms. The molecule has 0 aromatic rings. The first-order valence-electron chi connectivity index (χ1n) is 17.2. The van der Waals surface area contributed by atoms with Crippen LogP contribution in [0.4, 0.5) is 0 Å². The molecule has 3 N–H and O–H groups in total. The summed E-state index contributed by atoms with van der Waals surface area (Å²) in [6.45, 7) is 13.9. The van der Waals surface area contributed by atoms with Crippen molar-refractivity contribution in [3.05, 3.63) is 11.5 Å². The second kappa shape index (κ2) is 14.4. The van der Waals surface area contributed by atoms with Crippen molar-refractivity contribution in [3.63, 3.8) is 0 Å². The molecule has 0 bridgehead atoms. The Morgan fingerprint density at radius 2 is 1.67 bits per heavy atom. The van der Waals surface area contributed by atoms with Crippen LogP contribution in [-0.4, -0.2) is 46.2 Å². The minimum Gasteiger partial charge on any atom is -0.746 e. The molecule has 9 nitrogen and oxygen atoms in total. The van der Waals surface area contributed by atoms with Crippen molar-refractivity contribution in [2.75, 3.05) is 6.61 Å². The van der Waals surface area contributed by atoms with Crippen LogP contribution in [0.5, 0.6) is 0 Å². The van der Waals surface area contributed by atoms with E-state index in [-0.39, 0.29) is 35.0 Å². The summed E-state index contributed by atoms with van der Waals surface area (Å²) >= 11 is 0. The minimum atomic E-state index is -5.02. The molecule has 252 valence electrons. The molecular weight excluding hydrogens is 606 g/mol. The van der Waals surface area contributed by atoms with Gasteiger partial charge in [-0.25, -0.2) is 4.79 Å². The predicted octanol–water partition coefficient (Wildman–Crippen LogP) is 3.28. The summed E-state index contributed by atoms with van der Waals surface area (Å²) in [6, 6.07) is 0. The van der Waals surface area contributed by atoms with Gasteiger partial charge in [-0.1, -0.05) is 54.4 Å². The summed E-state index contributed by atoms with van der Waals surface area (Å²) < 4.78 is 28.0. The van der Waals surface area contributed by atoms with Crippen LogP contribution in [-0.2, 0) is 23.1 Å². The van der Waals surface area contributed by atoms with E-state index in [1.54, 1.807) is 0 Å². The van der Waals surface area contributed by atoms with Gasteiger partial charge in [0.2, 0.25) is 0 Å². The molecule has 4 saturated carbocycles. The Morgan fingerprint density at radius 3 is 2.33 bits per heavy atom. The number of cyclic esters (lactones) is 1. The second-order valence-corrected chi connectivity index (χ2v) is 17.3. The number of hydrogen-bond acceptors (Lipinski definition) is 9. The molecule has 5 rings (SSSR count). The number of fused-ring (bicyclic) bond motifs is 5. The summed E-state index contributed by atoms with van der Waals surface area (Å²) in [4.78, 5) is 25.0. The molecule has 0 spiro atoms. The molecular formula is C34H56NaO9P. The van der Waals surface area contributed by atoms with Crippen LogP contribution in [0.25, 0.3) is 0 Å². The summed E-state index contributed by atoms with van der Waals surface area (Å²) in [5, 5.41) is 29.1. The van der Waals surface area contributed by atoms with Gasteiger partial charge in [0.25, 0.3) is 5.76 Å². The van der Waals surface area contributed by atoms with E-state index in [1.165, 1.54) is 44.9 Å². The van der Waals surface area contributed by atoms with E-state index < -0.39 is 50.2 Å². The van der Waals surface area contributed by atoms with Crippen LogP contribution < -0.4 is 34.5 Å². The maximum atomic E-state index is 12.8. The average Bonchev–Trinajstić information content (AvgIpc) is 3.46. The van der Waals surface area contributed by atoms with Crippen molar-refractivity contribution in [2.24, 2.45) is 58.2 Å². The number of carbonyl (C=O) groups excluding carboxylic acids is 1. The maximum absolute atomic E-state index is 12.8. The fraction of sp³-hybridized carbons (Fsp3) is 0.912. The van der Waals surface area contributed by atoms with Crippen molar-refractivity contribution in [1.82, 2.24) is 0 Å². The summed E-state index contributed by atoms with van der Waals surface area (Å²) in [6.07, 6.45) is 8.50. The first-order chi connectivity index (χ1) is 20.6. The van der Waals surface area contributed by atoms with Crippen molar-refractivity contribution in [3.8, 4) is 0 Å². The van der Waals surface area contributed by atoms with E-state index >= 15 is 0 Å². The average molecular weight is 663 g/mol. The van der Waals surface area contributed by atoms with E-state index in [2.05, 4.69) is 41.5 Å². The molecule has 0 aromatic carbocycles. The Labute approximate surface area is 292 Å². The van der Waals surface area contributed by atoms with E-state index in [4.69, 9.17) is 18.9 Å². The zero-order chi connectivity index (χ0) is 32.2. The van der Waals surface area contributed by atoms with Crippen LogP contribution in [0.1, 0.15) is 112 Å². The summed E-state index contributed by atoms with van der Waals surface area (Å²) in [5.74, 6) is 2.58. The van der Waals surface area contributed by atoms with Gasteiger partial charge in [0.15, 0.2) is 11.9 Å². The first kappa shape index (κ1) is 37.7. The van der Waals surface area contributed by atoms with Gasteiger partial charge >= 0.3 is 43.3 Å². The van der Waals surface area contributed by atoms with Crippen LogP contribution >= 0.6 is 7.82 Å². The van der Waals surface area contributed by atoms with Crippen LogP contribution in [0, 0.1) is 58.2 Å². The van der Waals surface area contributed by atoms with Crippen molar-refractivity contribution < 1.29 is 72.9 Å². The molecule has 4 aliphatic carbocycles. The third kappa shape index (κ3) is 7.27. The SMILES string of the molecule is CC(C)C(C)CC[C@@H](C)[C@H]1CC[C@H]2[C@@H]3CC[C@H]4C[C@@H](OP(=O)([O-])OC5=C(O)C(C(O)CO)OC5=O)CC[C@]4(C)[C@H]3CC[C@]12C.[Na+]. The second-order valence-electron chi connectivity index (χ2n) is 16.0. The number of phosphoric acid groups is 1. The molecule has 13 atom stereocenters. The number of ether oxygens (including phenoxy) is 1. The number of esters is 1. The Hall–Kier alpha value is -0.120. The molecule has 0 saturated heterocycles. The van der Waals surface area contributed by atoms with E-state index in [0.29, 0.717) is 30.1 Å². The molecule has 4 unspecified atom stereocenters.